The smallest absolute Gasteiger partial charge is 0.271 e. The molecule has 1 aromatic heterocycles. The van der Waals surface area contributed by atoms with Gasteiger partial charge in [0.25, 0.3) is 17.5 Å². The van der Waals surface area contributed by atoms with Crippen molar-refractivity contribution in [3.05, 3.63) is 93.5 Å². The summed E-state index contributed by atoms with van der Waals surface area (Å²) in [4.78, 5) is 42.0. The lowest BCUT2D eigenvalue weighted by molar-refractivity contribution is -0.384. The molecule has 0 aliphatic carbocycles. The van der Waals surface area contributed by atoms with Gasteiger partial charge in [-0.25, -0.2) is 4.98 Å². The van der Waals surface area contributed by atoms with Crippen molar-refractivity contribution in [2.24, 2.45) is 0 Å². The number of fused-ring (bicyclic) bond motifs is 2. The molecule has 0 saturated heterocycles. The summed E-state index contributed by atoms with van der Waals surface area (Å²) in [5.41, 5.74) is 2.61. The van der Waals surface area contributed by atoms with Gasteiger partial charge in [0.2, 0.25) is 5.89 Å². The molecular weight excluding hydrogens is 398 g/mol. The zero-order valence-electron chi connectivity index (χ0n) is 16.3. The summed E-state index contributed by atoms with van der Waals surface area (Å²) in [7, 11) is 0. The molecule has 5 rings (SSSR count). The second-order valence-electron chi connectivity index (χ2n) is 7.26. The maximum atomic E-state index is 13.1. The maximum Gasteiger partial charge on any atom is 0.271 e. The number of amides is 2. The molecule has 31 heavy (non-hydrogen) atoms. The molecule has 4 aromatic rings. The minimum absolute atomic E-state index is 0.0902. The fraction of sp³-hybridized carbons (Fsp3) is 0.0870. The van der Waals surface area contributed by atoms with Crippen molar-refractivity contribution in [1.29, 1.82) is 0 Å². The van der Waals surface area contributed by atoms with Crippen molar-refractivity contribution < 1.29 is 18.9 Å². The van der Waals surface area contributed by atoms with E-state index in [9.17, 15) is 19.7 Å². The Labute approximate surface area is 175 Å². The minimum Gasteiger partial charge on any atom is -0.436 e. The van der Waals surface area contributed by atoms with E-state index in [1.165, 1.54) is 23.1 Å². The highest BCUT2D eigenvalue weighted by Gasteiger charge is 2.39. The molecule has 3 aromatic carbocycles. The van der Waals surface area contributed by atoms with Crippen molar-refractivity contribution in [2.45, 2.75) is 13.0 Å². The van der Waals surface area contributed by atoms with E-state index in [2.05, 4.69) is 4.98 Å². The fourth-order valence-electron chi connectivity index (χ4n) is 3.78. The van der Waals surface area contributed by atoms with Crippen molar-refractivity contribution in [3.8, 4) is 11.5 Å². The largest absolute Gasteiger partial charge is 0.436 e. The van der Waals surface area contributed by atoms with Crippen molar-refractivity contribution >= 4 is 28.6 Å². The van der Waals surface area contributed by atoms with Crippen LogP contribution < -0.4 is 0 Å². The van der Waals surface area contributed by atoms with Crippen LogP contribution in [0.15, 0.2) is 71.1 Å². The van der Waals surface area contributed by atoms with Crippen LogP contribution in [0.5, 0.6) is 0 Å². The number of oxazole rings is 1. The average Bonchev–Trinajstić information content (AvgIpc) is 3.32. The summed E-state index contributed by atoms with van der Waals surface area (Å²) < 4.78 is 5.71. The number of nitro benzene ring substituents is 1. The molecule has 1 atom stereocenters. The van der Waals surface area contributed by atoms with Gasteiger partial charge in [0.1, 0.15) is 5.52 Å². The van der Waals surface area contributed by atoms with Gasteiger partial charge in [-0.05, 0) is 36.8 Å². The molecule has 0 saturated carbocycles. The highest BCUT2D eigenvalue weighted by Crippen LogP contribution is 2.34. The Balaban J connectivity index is 1.52. The number of carbonyl (C=O) groups is 2. The monoisotopic (exact) mass is 413 g/mol. The van der Waals surface area contributed by atoms with E-state index >= 15 is 0 Å². The molecular formula is C23H15N3O5. The lowest BCUT2D eigenvalue weighted by Gasteiger charge is -2.22. The second kappa shape index (κ2) is 6.88. The average molecular weight is 413 g/mol. The molecule has 1 unspecified atom stereocenters. The van der Waals surface area contributed by atoms with Crippen LogP contribution in [0.25, 0.3) is 22.6 Å². The highest BCUT2D eigenvalue weighted by atomic mass is 16.6. The third-order valence-electron chi connectivity index (χ3n) is 5.42. The Morgan fingerprint density at radius 3 is 2.45 bits per heavy atom. The number of rotatable bonds is 4. The zero-order valence-corrected chi connectivity index (χ0v) is 16.3. The SMILES string of the molecule is CC(c1ccccc1)N1C(=O)c2ccc(-c3nc4cc([N+](=O)[O-])ccc4o3)cc2C1=O. The molecule has 1 aliphatic rings. The standard InChI is InChI=1S/C23H15N3O5/c1-13(14-5-3-2-4-6-14)25-22(27)17-9-7-15(11-18(17)23(25)28)21-24-19-12-16(26(29)30)8-10-20(19)31-21/h2-13H,1H3. The van der Waals surface area contributed by atoms with Gasteiger partial charge in [0, 0.05) is 17.7 Å². The molecule has 8 nitrogen and oxygen atoms in total. The normalized spacial score (nSPS) is 14.2. The molecule has 0 spiro atoms. The third-order valence-corrected chi connectivity index (χ3v) is 5.42. The summed E-state index contributed by atoms with van der Waals surface area (Å²) in [6, 6.07) is 17.9. The lowest BCUT2D eigenvalue weighted by Crippen LogP contribution is -2.32. The number of hydrogen-bond acceptors (Lipinski definition) is 6. The van der Waals surface area contributed by atoms with Crippen LogP contribution in [-0.2, 0) is 0 Å². The van der Waals surface area contributed by atoms with E-state index in [1.807, 2.05) is 37.3 Å². The minimum atomic E-state index is -0.504. The fourth-order valence-corrected chi connectivity index (χ4v) is 3.78. The number of hydrogen-bond donors (Lipinski definition) is 0. The Morgan fingerprint density at radius 2 is 1.71 bits per heavy atom. The number of aromatic nitrogens is 1. The number of carbonyl (C=O) groups excluding carboxylic acids is 2. The van der Waals surface area contributed by atoms with Crippen LogP contribution in [0, 0.1) is 10.1 Å². The van der Waals surface area contributed by atoms with Gasteiger partial charge in [0.15, 0.2) is 5.58 Å². The van der Waals surface area contributed by atoms with Gasteiger partial charge in [-0.3, -0.25) is 24.6 Å². The van der Waals surface area contributed by atoms with Gasteiger partial charge in [-0.2, -0.15) is 0 Å². The Hall–Kier alpha value is -4.33. The van der Waals surface area contributed by atoms with Crippen LogP contribution >= 0.6 is 0 Å². The summed E-state index contributed by atoms with van der Waals surface area (Å²) in [5, 5.41) is 11.0. The predicted octanol–water partition coefficient (Wildman–Crippen LogP) is 4.76. The first-order valence-electron chi connectivity index (χ1n) is 9.56. The van der Waals surface area contributed by atoms with Crippen LogP contribution in [0.2, 0.25) is 0 Å². The van der Waals surface area contributed by atoms with Gasteiger partial charge in [-0.15, -0.1) is 0 Å². The van der Waals surface area contributed by atoms with Crippen LogP contribution in [-0.4, -0.2) is 26.6 Å². The van der Waals surface area contributed by atoms with Crippen molar-refractivity contribution in [2.75, 3.05) is 0 Å². The van der Waals surface area contributed by atoms with Gasteiger partial charge in [0.05, 0.1) is 22.1 Å². The first kappa shape index (κ1) is 18.7. The molecule has 8 heteroatoms. The molecule has 0 bridgehead atoms. The summed E-state index contributed by atoms with van der Waals surface area (Å²) >= 11 is 0. The van der Waals surface area contributed by atoms with E-state index in [0.717, 1.165) is 5.56 Å². The molecule has 0 N–H and O–H groups in total. The number of benzene rings is 3. The van der Waals surface area contributed by atoms with E-state index in [0.29, 0.717) is 22.2 Å². The number of imide groups is 1. The molecule has 0 fully saturated rings. The predicted molar refractivity (Wildman–Crippen MR) is 111 cm³/mol. The Bertz CT molecular complexity index is 1380. The summed E-state index contributed by atoms with van der Waals surface area (Å²) in [5.74, 6) is -0.519. The van der Waals surface area contributed by atoms with Gasteiger partial charge >= 0.3 is 0 Å². The molecule has 152 valence electrons. The lowest BCUT2D eigenvalue weighted by atomic mass is 10.1. The maximum absolute atomic E-state index is 13.1. The second-order valence-corrected chi connectivity index (χ2v) is 7.26. The van der Waals surface area contributed by atoms with E-state index in [4.69, 9.17) is 4.42 Å². The summed E-state index contributed by atoms with van der Waals surface area (Å²) in [6.45, 7) is 1.81. The van der Waals surface area contributed by atoms with E-state index in [-0.39, 0.29) is 29.0 Å². The van der Waals surface area contributed by atoms with Crippen LogP contribution in [0.4, 0.5) is 5.69 Å². The Kier molecular flexibility index (Phi) is 4.14. The molecule has 2 heterocycles. The summed E-state index contributed by atoms with van der Waals surface area (Å²) in [6.07, 6.45) is 0. The first-order valence-corrected chi connectivity index (χ1v) is 9.56. The number of nitro groups is 1. The topological polar surface area (TPSA) is 107 Å². The number of non-ortho nitro benzene ring substituents is 1. The molecule has 2 amide bonds. The number of nitrogens with zero attached hydrogens (tertiary/aromatic N) is 3. The van der Waals surface area contributed by atoms with Gasteiger partial charge < -0.3 is 4.42 Å². The van der Waals surface area contributed by atoms with E-state index in [1.54, 1.807) is 18.2 Å². The van der Waals surface area contributed by atoms with Crippen LogP contribution in [0.3, 0.4) is 0 Å². The molecule has 0 radical (unpaired) electrons. The molecule has 1 aliphatic heterocycles. The van der Waals surface area contributed by atoms with E-state index < -0.39 is 11.0 Å². The quantitative estimate of drug-likeness (QED) is 0.271. The third kappa shape index (κ3) is 2.96. The Morgan fingerprint density at radius 1 is 0.968 bits per heavy atom. The highest BCUT2D eigenvalue weighted by molar-refractivity contribution is 6.22. The van der Waals surface area contributed by atoms with Crippen molar-refractivity contribution in [3.63, 3.8) is 0 Å². The van der Waals surface area contributed by atoms with Gasteiger partial charge in [-0.1, -0.05) is 30.3 Å². The zero-order chi connectivity index (χ0) is 21.7. The van der Waals surface area contributed by atoms with Crippen molar-refractivity contribution in [1.82, 2.24) is 9.88 Å². The van der Waals surface area contributed by atoms with Crippen LogP contribution in [0.1, 0.15) is 39.2 Å². The first-order chi connectivity index (χ1) is 14.9.